The third-order valence-electron chi connectivity index (χ3n) is 5.61. The number of carbonyl (C=O) groups is 2. The molecule has 4 rings (SSSR count). The zero-order chi connectivity index (χ0) is 21.6. The number of hydrogen-bond donors (Lipinski definition) is 1. The normalized spacial score (nSPS) is 15.0. The van der Waals surface area contributed by atoms with Gasteiger partial charge in [0.05, 0.1) is 6.42 Å². The minimum Gasteiger partial charge on any atom is -0.351 e. The van der Waals surface area contributed by atoms with Gasteiger partial charge in [0.2, 0.25) is 11.8 Å². The van der Waals surface area contributed by atoms with Crippen LogP contribution in [-0.2, 0) is 22.6 Å². The summed E-state index contributed by atoms with van der Waals surface area (Å²) in [4.78, 5) is 29.5. The number of thiophene rings is 2. The highest BCUT2D eigenvalue weighted by Crippen LogP contribution is 2.28. The number of amides is 2. The Balaban J connectivity index is 1.64. The third kappa shape index (κ3) is 5.60. The summed E-state index contributed by atoms with van der Waals surface area (Å²) in [6.07, 6.45) is 4.41. The summed E-state index contributed by atoms with van der Waals surface area (Å²) in [5.74, 6) is -0.593. The topological polar surface area (TPSA) is 49.4 Å². The Labute approximate surface area is 189 Å². The van der Waals surface area contributed by atoms with Gasteiger partial charge in [-0.05, 0) is 64.4 Å². The SMILES string of the molecule is O=C(NC1CCCC1)[C@@H](c1ccsc1)N(Cc1ccc(F)cc1)C(=O)Cc1cccs1. The van der Waals surface area contributed by atoms with Crippen molar-refractivity contribution < 1.29 is 14.0 Å². The van der Waals surface area contributed by atoms with Crippen molar-refractivity contribution in [3.8, 4) is 0 Å². The largest absolute Gasteiger partial charge is 0.351 e. The van der Waals surface area contributed by atoms with Crippen LogP contribution in [0.2, 0.25) is 0 Å². The van der Waals surface area contributed by atoms with Gasteiger partial charge in [-0.1, -0.05) is 31.0 Å². The summed E-state index contributed by atoms with van der Waals surface area (Å²) in [5.41, 5.74) is 1.59. The number of halogens is 1. The van der Waals surface area contributed by atoms with E-state index in [-0.39, 0.29) is 36.6 Å². The molecular formula is C24H25FN2O2S2. The fraction of sp³-hybridized carbons (Fsp3) is 0.333. The molecule has 0 aliphatic heterocycles. The lowest BCUT2D eigenvalue weighted by atomic mass is 10.0. The highest BCUT2D eigenvalue weighted by atomic mass is 32.1. The third-order valence-corrected chi connectivity index (χ3v) is 7.19. The van der Waals surface area contributed by atoms with Crippen LogP contribution in [0.5, 0.6) is 0 Å². The Morgan fingerprint density at radius 3 is 2.52 bits per heavy atom. The Morgan fingerprint density at radius 1 is 1.10 bits per heavy atom. The average molecular weight is 457 g/mol. The monoisotopic (exact) mass is 456 g/mol. The van der Waals surface area contributed by atoms with E-state index in [9.17, 15) is 14.0 Å². The molecule has 2 aromatic heterocycles. The molecule has 0 spiro atoms. The minimum atomic E-state index is -0.718. The summed E-state index contributed by atoms with van der Waals surface area (Å²) >= 11 is 3.03. The molecule has 31 heavy (non-hydrogen) atoms. The van der Waals surface area contributed by atoms with Crippen LogP contribution >= 0.6 is 22.7 Å². The van der Waals surface area contributed by atoms with Crippen molar-refractivity contribution in [3.05, 3.63) is 80.4 Å². The van der Waals surface area contributed by atoms with E-state index in [1.165, 1.54) is 34.8 Å². The summed E-state index contributed by atoms with van der Waals surface area (Å²) in [7, 11) is 0. The standard InChI is InChI=1S/C24H25FN2O2S2/c25-19-9-7-17(8-10-19)15-27(22(28)14-21-6-3-12-31-21)23(18-11-13-30-16-18)24(29)26-20-4-1-2-5-20/h3,6-13,16,20,23H,1-2,4-5,14-15H2,(H,26,29)/t23-/m1/s1. The van der Waals surface area contributed by atoms with Gasteiger partial charge >= 0.3 is 0 Å². The molecule has 2 heterocycles. The zero-order valence-electron chi connectivity index (χ0n) is 17.1. The molecule has 2 amide bonds. The predicted octanol–water partition coefficient (Wildman–Crippen LogP) is 5.32. The molecule has 1 aliphatic carbocycles. The maximum absolute atomic E-state index is 13.4. The van der Waals surface area contributed by atoms with E-state index in [0.29, 0.717) is 0 Å². The highest BCUT2D eigenvalue weighted by molar-refractivity contribution is 7.10. The van der Waals surface area contributed by atoms with Gasteiger partial charge in [-0.3, -0.25) is 9.59 Å². The highest BCUT2D eigenvalue weighted by Gasteiger charge is 2.33. The number of benzene rings is 1. The maximum atomic E-state index is 13.4. The molecule has 162 valence electrons. The van der Waals surface area contributed by atoms with Gasteiger partial charge in [0.1, 0.15) is 11.9 Å². The molecule has 1 saturated carbocycles. The van der Waals surface area contributed by atoms with Crippen molar-refractivity contribution in [1.29, 1.82) is 0 Å². The van der Waals surface area contributed by atoms with Crippen LogP contribution in [0.1, 0.15) is 47.7 Å². The second kappa shape index (κ2) is 10.2. The molecule has 1 atom stereocenters. The number of nitrogens with zero attached hydrogens (tertiary/aromatic N) is 1. The molecule has 1 N–H and O–H groups in total. The van der Waals surface area contributed by atoms with Crippen molar-refractivity contribution in [2.24, 2.45) is 0 Å². The molecule has 1 fully saturated rings. The summed E-state index contributed by atoms with van der Waals surface area (Å²) in [5, 5.41) is 8.96. The Hall–Kier alpha value is -2.51. The van der Waals surface area contributed by atoms with E-state index < -0.39 is 6.04 Å². The predicted molar refractivity (Wildman–Crippen MR) is 122 cm³/mol. The Kier molecular flexibility index (Phi) is 7.14. The number of hydrogen-bond acceptors (Lipinski definition) is 4. The van der Waals surface area contributed by atoms with Crippen LogP contribution < -0.4 is 5.32 Å². The fourth-order valence-corrected chi connectivity index (χ4v) is 5.40. The number of nitrogens with one attached hydrogen (secondary N) is 1. The second-order valence-electron chi connectivity index (χ2n) is 7.85. The molecule has 3 aromatic rings. The van der Waals surface area contributed by atoms with Crippen molar-refractivity contribution in [2.45, 2.75) is 50.7 Å². The van der Waals surface area contributed by atoms with E-state index in [2.05, 4.69) is 5.32 Å². The summed E-state index contributed by atoms with van der Waals surface area (Å²) in [6, 6.07) is 11.3. The van der Waals surface area contributed by atoms with E-state index in [0.717, 1.165) is 41.7 Å². The van der Waals surface area contributed by atoms with Crippen LogP contribution in [0.25, 0.3) is 0 Å². The van der Waals surface area contributed by atoms with Gasteiger partial charge in [0, 0.05) is 17.5 Å². The number of carbonyl (C=O) groups excluding carboxylic acids is 2. The number of rotatable bonds is 8. The van der Waals surface area contributed by atoms with Gasteiger partial charge in [0.25, 0.3) is 0 Å². The van der Waals surface area contributed by atoms with Crippen LogP contribution in [0.15, 0.2) is 58.6 Å². The smallest absolute Gasteiger partial charge is 0.247 e. The first kappa shape index (κ1) is 21.7. The van der Waals surface area contributed by atoms with Gasteiger partial charge in [0.15, 0.2) is 0 Å². The van der Waals surface area contributed by atoms with Crippen LogP contribution in [-0.4, -0.2) is 22.8 Å². The Bertz CT molecular complexity index is 981. The summed E-state index contributed by atoms with van der Waals surface area (Å²) < 4.78 is 13.4. The zero-order valence-corrected chi connectivity index (χ0v) is 18.8. The van der Waals surface area contributed by atoms with E-state index >= 15 is 0 Å². The van der Waals surface area contributed by atoms with Crippen molar-refractivity contribution in [2.75, 3.05) is 0 Å². The summed E-state index contributed by atoms with van der Waals surface area (Å²) in [6.45, 7) is 0.239. The van der Waals surface area contributed by atoms with E-state index in [4.69, 9.17) is 0 Å². The van der Waals surface area contributed by atoms with Crippen molar-refractivity contribution in [1.82, 2.24) is 10.2 Å². The second-order valence-corrected chi connectivity index (χ2v) is 9.67. The van der Waals surface area contributed by atoms with E-state index in [1.54, 1.807) is 17.0 Å². The van der Waals surface area contributed by atoms with Gasteiger partial charge in [-0.15, -0.1) is 11.3 Å². The molecule has 0 saturated heterocycles. The van der Waals surface area contributed by atoms with Crippen LogP contribution in [0.4, 0.5) is 4.39 Å². The van der Waals surface area contributed by atoms with Crippen LogP contribution in [0.3, 0.4) is 0 Å². The lowest BCUT2D eigenvalue weighted by molar-refractivity contribution is -0.141. The average Bonchev–Trinajstić information content (AvgIpc) is 3.53. The van der Waals surface area contributed by atoms with Crippen molar-refractivity contribution in [3.63, 3.8) is 0 Å². The first-order valence-corrected chi connectivity index (χ1v) is 12.3. The molecule has 0 unspecified atom stereocenters. The lowest BCUT2D eigenvalue weighted by Gasteiger charge is -2.32. The molecule has 0 radical (unpaired) electrons. The Morgan fingerprint density at radius 2 is 1.87 bits per heavy atom. The molecule has 1 aromatic carbocycles. The quantitative estimate of drug-likeness (QED) is 0.499. The van der Waals surface area contributed by atoms with Crippen molar-refractivity contribution >= 4 is 34.5 Å². The fourth-order valence-electron chi connectivity index (χ4n) is 4.03. The van der Waals surface area contributed by atoms with E-state index in [1.807, 2.05) is 34.3 Å². The van der Waals surface area contributed by atoms with Crippen LogP contribution in [0, 0.1) is 5.82 Å². The van der Waals surface area contributed by atoms with Gasteiger partial charge in [-0.25, -0.2) is 4.39 Å². The molecule has 0 bridgehead atoms. The first-order chi connectivity index (χ1) is 15.1. The molecular weight excluding hydrogens is 431 g/mol. The lowest BCUT2D eigenvalue weighted by Crippen LogP contribution is -2.46. The molecule has 1 aliphatic rings. The van der Waals surface area contributed by atoms with Gasteiger partial charge < -0.3 is 10.2 Å². The first-order valence-electron chi connectivity index (χ1n) is 10.5. The molecule has 7 heteroatoms. The van der Waals surface area contributed by atoms with Gasteiger partial charge in [-0.2, -0.15) is 11.3 Å². The molecule has 4 nitrogen and oxygen atoms in total. The maximum Gasteiger partial charge on any atom is 0.247 e. The minimum absolute atomic E-state index is 0.121.